The van der Waals surface area contributed by atoms with Crippen molar-refractivity contribution in [3.63, 3.8) is 0 Å². The highest BCUT2D eigenvalue weighted by atomic mass is 35.5. The number of halogens is 2. The predicted molar refractivity (Wildman–Crippen MR) is 80.0 cm³/mol. The molecule has 0 aliphatic rings. The minimum atomic E-state index is -0.503. The van der Waals surface area contributed by atoms with Crippen molar-refractivity contribution in [2.45, 2.75) is 12.5 Å². The van der Waals surface area contributed by atoms with Crippen LogP contribution < -0.4 is 5.32 Å². The van der Waals surface area contributed by atoms with Gasteiger partial charge in [-0.15, -0.1) is 0 Å². The van der Waals surface area contributed by atoms with Crippen LogP contribution in [-0.2, 0) is 6.42 Å². The van der Waals surface area contributed by atoms with Crippen molar-refractivity contribution in [2.75, 3.05) is 7.05 Å². The maximum absolute atomic E-state index is 13.6. The van der Waals surface area contributed by atoms with Gasteiger partial charge < -0.3 is 5.32 Å². The van der Waals surface area contributed by atoms with Gasteiger partial charge in [-0.3, -0.25) is 10.1 Å². The zero-order valence-electron chi connectivity index (χ0n) is 11.3. The quantitative estimate of drug-likeness (QED) is 0.673. The highest BCUT2D eigenvalue weighted by molar-refractivity contribution is 6.31. The second-order valence-corrected chi connectivity index (χ2v) is 4.95. The molecular weight excluding hydrogens is 295 g/mol. The summed E-state index contributed by atoms with van der Waals surface area (Å²) in [7, 11) is 1.71. The molecule has 2 aromatic rings. The first-order valence-corrected chi connectivity index (χ1v) is 6.76. The lowest BCUT2D eigenvalue weighted by molar-refractivity contribution is -0.385. The van der Waals surface area contributed by atoms with E-state index in [-0.39, 0.29) is 16.8 Å². The Kier molecular flexibility index (Phi) is 4.88. The summed E-state index contributed by atoms with van der Waals surface area (Å²) < 4.78 is 13.6. The summed E-state index contributed by atoms with van der Waals surface area (Å²) in [5, 5.41) is 14.1. The normalized spacial score (nSPS) is 12.1. The molecular formula is C15H14ClFN2O2. The van der Waals surface area contributed by atoms with E-state index in [1.165, 1.54) is 12.1 Å². The van der Waals surface area contributed by atoms with Gasteiger partial charge in [-0.05, 0) is 25.1 Å². The number of rotatable bonds is 5. The molecule has 0 saturated carbocycles. The monoisotopic (exact) mass is 308 g/mol. The topological polar surface area (TPSA) is 55.2 Å². The Balaban J connectivity index is 2.36. The molecule has 0 aliphatic heterocycles. The van der Waals surface area contributed by atoms with Crippen molar-refractivity contribution in [1.29, 1.82) is 0 Å². The molecule has 1 N–H and O–H groups in total. The Labute approximate surface area is 126 Å². The fraction of sp³-hybridized carbons (Fsp3) is 0.200. The molecule has 1 atom stereocenters. The van der Waals surface area contributed by atoms with Gasteiger partial charge in [0.15, 0.2) is 0 Å². The van der Waals surface area contributed by atoms with E-state index in [9.17, 15) is 14.5 Å². The Hall–Kier alpha value is -1.98. The fourth-order valence-corrected chi connectivity index (χ4v) is 2.50. The molecule has 0 amide bonds. The summed E-state index contributed by atoms with van der Waals surface area (Å²) in [6.07, 6.45) is 0.344. The van der Waals surface area contributed by atoms with Gasteiger partial charge in [0.2, 0.25) is 0 Å². The molecule has 0 fully saturated rings. The van der Waals surface area contributed by atoms with Gasteiger partial charge in [0.05, 0.1) is 9.95 Å². The lowest BCUT2D eigenvalue weighted by Gasteiger charge is -2.18. The number of hydrogen-bond donors (Lipinski definition) is 1. The summed E-state index contributed by atoms with van der Waals surface area (Å²) in [4.78, 5) is 10.6. The van der Waals surface area contributed by atoms with Gasteiger partial charge in [-0.25, -0.2) is 4.39 Å². The minimum Gasteiger partial charge on any atom is -0.313 e. The first-order chi connectivity index (χ1) is 10.0. The molecule has 1 unspecified atom stereocenters. The molecule has 0 radical (unpaired) electrons. The first kappa shape index (κ1) is 15.4. The van der Waals surface area contributed by atoms with Gasteiger partial charge in [-0.2, -0.15) is 0 Å². The van der Waals surface area contributed by atoms with Gasteiger partial charge >= 0.3 is 0 Å². The predicted octanol–water partition coefficient (Wildman–Crippen LogP) is 3.89. The lowest BCUT2D eigenvalue weighted by atomic mass is 9.97. The number of benzene rings is 2. The molecule has 6 heteroatoms. The first-order valence-electron chi connectivity index (χ1n) is 6.38. The lowest BCUT2D eigenvalue weighted by Crippen LogP contribution is -2.20. The summed E-state index contributed by atoms with van der Waals surface area (Å²) in [5.74, 6) is -0.503. The second kappa shape index (κ2) is 6.65. The van der Waals surface area contributed by atoms with Crippen LogP contribution in [0.5, 0.6) is 0 Å². The van der Waals surface area contributed by atoms with E-state index in [2.05, 4.69) is 5.32 Å². The number of likely N-dealkylation sites (N-methyl/N-ethyl adjacent to an activating group) is 1. The van der Waals surface area contributed by atoms with Crippen molar-refractivity contribution >= 4 is 17.3 Å². The molecule has 2 aromatic carbocycles. The molecule has 0 spiro atoms. The summed E-state index contributed by atoms with van der Waals surface area (Å²) in [6.45, 7) is 0. The van der Waals surface area contributed by atoms with Crippen LogP contribution in [0, 0.1) is 15.9 Å². The Bertz CT molecular complexity index is 664. The van der Waals surface area contributed by atoms with Crippen molar-refractivity contribution < 1.29 is 9.31 Å². The molecule has 110 valence electrons. The van der Waals surface area contributed by atoms with Gasteiger partial charge in [0, 0.05) is 17.7 Å². The molecule has 21 heavy (non-hydrogen) atoms. The number of nitrogens with one attached hydrogen (secondary N) is 1. The van der Waals surface area contributed by atoms with Crippen molar-refractivity contribution in [3.8, 4) is 0 Å². The smallest absolute Gasteiger partial charge is 0.272 e. The average molecular weight is 309 g/mol. The Morgan fingerprint density at radius 3 is 2.67 bits per heavy atom. The van der Waals surface area contributed by atoms with E-state index in [1.54, 1.807) is 37.4 Å². The van der Waals surface area contributed by atoms with Gasteiger partial charge in [0.25, 0.3) is 5.69 Å². The molecule has 0 aliphatic carbocycles. The SMILES string of the molecule is CNC(Cc1ccccc1[N+](=O)[O-])c1cccc(F)c1Cl. The summed E-state index contributed by atoms with van der Waals surface area (Å²) >= 11 is 5.99. The fourth-order valence-electron chi connectivity index (χ4n) is 2.24. The maximum atomic E-state index is 13.6. The second-order valence-electron chi connectivity index (χ2n) is 4.57. The number of hydrogen-bond acceptors (Lipinski definition) is 3. The van der Waals surface area contributed by atoms with Crippen LogP contribution in [0.15, 0.2) is 42.5 Å². The molecule has 0 saturated heterocycles. The summed E-state index contributed by atoms with van der Waals surface area (Å²) in [5.41, 5.74) is 1.20. The molecule has 2 rings (SSSR count). The van der Waals surface area contributed by atoms with Crippen molar-refractivity contribution in [1.82, 2.24) is 5.32 Å². The number of nitro groups is 1. The third kappa shape index (κ3) is 3.37. The van der Waals surface area contributed by atoms with E-state index < -0.39 is 10.7 Å². The highest BCUT2D eigenvalue weighted by Gasteiger charge is 2.20. The molecule has 0 aromatic heterocycles. The standard InChI is InChI=1S/C15H14ClFN2O2/c1-18-13(11-6-4-7-12(17)15(11)16)9-10-5-2-3-8-14(10)19(20)21/h2-8,13,18H,9H2,1H3. The van der Waals surface area contributed by atoms with Crippen LogP contribution in [0.4, 0.5) is 10.1 Å². The number of nitro benzene ring substituents is 1. The molecule has 0 bridgehead atoms. The average Bonchev–Trinajstić information content (AvgIpc) is 2.48. The number of nitrogens with zero attached hydrogens (tertiary/aromatic N) is 1. The van der Waals surface area contributed by atoms with Crippen molar-refractivity contribution in [3.05, 3.63) is 74.5 Å². The van der Waals surface area contributed by atoms with E-state index in [1.807, 2.05) is 0 Å². The van der Waals surface area contributed by atoms with Crippen LogP contribution in [0.25, 0.3) is 0 Å². The molecule has 0 heterocycles. The molecule has 4 nitrogen and oxygen atoms in total. The third-order valence-corrected chi connectivity index (χ3v) is 3.72. The number of para-hydroxylation sites is 1. The Morgan fingerprint density at radius 1 is 1.29 bits per heavy atom. The van der Waals surface area contributed by atoms with E-state index in [4.69, 9.17) is 11.6 Å². The highest BCUT2D eigenvalue weighted by Crippen LogP contribution is 2.30. The van der Waals surface area contributed by atoms with Crippen molar-refractivity contribution in [2.24, 2.45) is 0 Å². The maximum Gasteiger partial charge on any atom is 0.272 e. The van der Waals surface area contributed by atoms with Crippen LogP contribution in [0.1, 0.15) is 17.2 Å². The van der Waals surface area contributed by atoms with Crippen LogP contribution in [0.2, 0.25) is 5.02 Å². The Morgan fingerprint density at radius 2 is 2.00 bits per heavy atom. The van der Waals surface area contributed by atoms with Gasteiger partial charge in [-0.1, -0.05) is 41.9 Å². The zero-order valence-corrected chi connectivity index (χ0v) is 12.1. The largest absolute Gasteiger partial charge is 0.313 e. The van der Waals surface area contributed by atoms with Crippen LogP contribution in [-0.4, -0.2) is 12.0 Å². The van der Waals surface area contributed by atoms with Crippen LogP contribution >= 0.6 is 11.6 Å². The van der Waals surface area contributed by atoms with E-state index >= 15 is 0 Å². The van der Waals surface area contributed by atoms with Gasteiger partial charge in [0.1, 0.15) is 5.82 Å². The third-order valence-electron chi connectivity index (χ3n) is 3.32. The van der Waals surface area contributed by atoms with Crippen LogP contribution in [0.3, 0.4) is 0 Å². The summed E-state index contributed by atoms with van der Waals surface area (Å²) in [6, 6.07) is 10.7. The van der Waals surface area contributed by atoms with E-state index in [0.29, 0.717) is 17.5 Å². The minimum absolute atomic E-state index is 0.0374. The zero-order chi connectivity index (χ0) is 15.4. The van der Waals surface area contributed by atoms with E-state index in [0.717, 1.165) is 0 Å².